The van der Waals surface area contributed by atoms with E-state index >= 15 is 0 Å². The molecule has 0 saturated carbocycles. The van der Waals surface area contributed by atoms with Crippen LogP contribution in [-0.4, -0.2) is 44.4 Å². The van der Waals surface area contributed by atoms with Gasteiger partial charge in [-0.1, -0.05) is 35.5 Å². The Balaban J connectivity index is 1.79. The lowest BCUT2D eigenvalue weighted by Gasteiger charge is -2.05. The number of nitrogens with zero attached hydrogens (tertiary/aromatic N) is 4. The third-order valence-electron chi connectivity index (χ3n) is 3.51. The predicted molar refractivity (Wildman–Crippen MR) is 109 cm³/mol. The van der Waals surface area contributed by atoms with Crippen molar-refractivity contribution in [1.82, 2.24) is 20.2 Å². The van der Waals surface area contributed by atoms with Gasteiger partial charge in [0, 0.05) is 16.9 Å². The third-order valence-corrected chi connectivity index (χ3v) is 5.94. The van der Waals surface area contributed by atoms with Crippen molar-refractivity contribution in [3.05, 3.63) is 40.2 Å². The van der Waals surface area contributed by atoms with E-state index in [0.717, 1.165) is 10.4 Å². The van der Waals surface area contributed by atoms with Crippen LogP contribution < -0.4 is 5.32 Å². The Morgan fingerprint density at radius 1 is 1.32 bits per heavy atom. The quantitative estimate of drug-likeness (QED) is 0.446. The number of rotatable bonds is 7. The molecule has 1 N–H and O–H groups in total. The highest BCUT2D eigenvalue weighted by Crippen LogP contribution is 2.36. The largest absolute Gasteiger partial charge is 0.462 e. The van der Waals surface area contributed by atoms with E-state index in [0.29, 0.717) is 20.7 Å². The molecule has 11 heteroatoms. The molecule has 8 nitrogen and oxygen atoms in total. The van der Waals surface area contributed by atoms with E-state index in [1.165, 1.54) is 27.8 Å². The molecule has 2 heterocycles. The van der Waals surface area contributed by atoms with Crippen molar-refractivity contribution in [1.29, 1.82) is 0 Å². The molecule has 0 bridgehead atoms. The number of esters is 1. The van der Waals surface area contributed by atoms with Crippen molar-refractivity contribution in [3.63, 3.8) is 0 Å². The van der Waals surface area contributed by atoms with Crippen LogP contribution in [0.2, 0.25) is 5.02 Å². The van der Waals surface area contributed by atoms with E-state index in [9.17, 15) is 9.59 Å². The number of thiophene rings is 1. The standard InChI is InChI=1S/C17H16ClN5O3S2/c1-3-26-16(25)15-12(8-13(28-15)10-4-6-11(18)7-5-10)19-14(24)9-27-17-20-21-22-23(17)2/h4-8H,3,9H2,1-2H3,(H,19,24). The summed E-state index contributed by atoms with van der Waals surface area (Å²) < 4.78 is 6.59. The van der Waals surface area contributed by atoms with Gasteiger partial charge in [-0.25, -0.2) is 9.48 Å². The highest BCUT2D eigenvalue weighted by atomic mass is 35.5. The van der Waals surface area contributed by atoms with Gasteiger partial charge >= 0.3 is 5.97 Å². The summed E-state index contributed by atoms with van der Waals surface area (Å²) in [4.78, 5) is 25.8. The van der Waals surface area contributed by atoms with Gasteiger partial charge in [0.15, 0.2) is 0 Å². The van der Waals surface area contributed by atoms with Gasteiger partial charge in [0.05, 0.1) is 18.0 Å². The number of anilines is 1. The number of amides is 1. The summed E-state index contributed by atoms with van der Waals surface area (Å²) in [6.45, 7) is 1.98. The van der Waals surface area contributed by atoms with Crippen LogP contribution >= 0.6 is 34.7 Å². The molecule has 3 aromatic rings. The van der Waals surface area contributed by atoms with E-state index < -0.39 is 5.97 Å². The van der Waals surface area contributed by atoms with Crippen LogP contribution in [0.1, 0.15) is 16.6 Å². The zero-order valence-corrected chi connectivity index (χ0v) is 17.4. The lowest BCUT2D eigenvalue weighted by atomic mass is 10.2. The van der Waals surface area contributed by atoms with Crippen molar-refractivity contribution >= 4 is 52.3 Å². The third kappa shape index (κ3) is 4.89. The zero-order chi connectivity index (χ0) is 20.1. The maximum Gasteiger partial charge on any atom is 0.350 e. The number of tetrazole rings is 1. The Morgan fingerprint density at radius 3 is 2.71 bits per heavy atom. The van der Waals surface area contributed by atoms with Crippen LogP contribution in [0.4, 0.5) is 5.69 Å². The number of aromatic nitrogens is 4. The summed E-state index contributed by atoms with van der Waals surface area (Å²) >= 11 is 8.39. The Labute approximate surface area is 174 Å². The molecule has 3 rings (SSSR count). The molecule has 0 aliphatic rings. The van der Waals surface area contributed by atoms with Gasteiger partial charge in [0.25, 0.3) is 0 Å². The van der Waals surface area contributed by atoms with E-state index in [1.54, 1.807) is 32.2 Å². The SMILES string of the molecule is CCOC(=O)c1sc(-c2ccc(Cl)cc2)cc1NC(=O)CSc1nnnn1C. The molecule has 0 fully saturated rings. The minimum atomic E-state index is -0.479. The lowest BCUT2D eigenvalue weighted by molar-refractivity contribution is -0.113. The molecule has 0 unspecified atom stereocenters. The summed E-state index contributed by atoms with van der Waals surface area (Å²) in [5.74, 6) is -0.657. The molecule has 0 spiro atoms. The first-order valence-corrected chi connectivity index (χ1v) is 10.4. The molecule has 146 valence electrons. The summed E-state index contributed by atoms with van der Waals surface area (Å²) in [6, 6.07) is 9.00. The molecule has 2 aromatic heterocycles. The van der Waals surface area contributed by atoms with Crippen LogP contribution in [0.3, 0.4) is 0 Å². The molecule has 1 amide bonds. The number of benzene rings is 1. The van der Waals surface area contributed by atoms with Crippen molar-refractivity contribution in [2.75, 3.05) is 17.7 Å². The average Bonchev–Trinajstić information content (AvgIpc) is 3.27. The first kappa shape index (κ1) is 20.3. The van der Waals surface area contributed by atoms with Crippen molar-refractivity contribution in [2.24, 2.45) is 7.05 Å². The second kappa shape index (κ2) is 9.18. The maximum absolute atomic E-state index is 12.4. The number of ether oxygens (including phenoxy) is 1. The number of nitrogens with one attached hydrogen (secondary N) is 1. The van der Waals surface area contributed by atoms with Crippen LogP contribution in [0.25, 0.3) is 10.4 Å². The topological polar surface area (TPSA) is 99.0 Å². The first-order valence-electron chi connectivity index (χ1n) is 8.19. The van der Waals surface area contributed by atoms with Crippen LogP contribution in [-0.2, 0) is 16.6 Å². The van der Waals surface area contributed by atoms with Gasteiger partial charge in [-0.3, -0.25) is 4.79 Å². The Morgan fingerprint density at radius 2 is 2.07 bits per heavy atom. The highest BCUT2D eigenvalue weighted by molar-refractivity contribution is 7.99. The molecule has 28 heavy (non-hydrogen) atoms. The second-order valence-corrected chi connectivity index (χ2v) is 7.93. The maximum atomic E-state index is 12.4. The summed E-state index contributed by atoms with van der Waals surface area (Å²) in [5, 5.41) is 15.0. The summed E-state index contributed by atoms with van der Waals surface area (Å²) in [5.41, 5.74) is 1.30. The minimum absolute atomic E-state index is 0.0998. The molecular formula is C17H16ClN5O3S2. The van der Waals surface area contributed by atoms with E-state index in [4.69, 9.17) is 16.3 Å². The zero-order valence-electron chi connectivity index (χ0n) is 15.0. The number of aryl methyl sites for hydroxylation is 1. The normalized spacial score (nSPS) is 10.7. The molecule has 0 radical (unpaired) electrons. The molecule has 0 saturated heterocycles. The van der Waals surface area contributed by atoms with Gasteiger partial charge < -0.3 is 10.1 Å². The van der Waals surface area contributed by atoms with Crippen LogP contribution in [0.5, 0.6) is 0 Å². The van der Waals surface area contributed by atoms with Gasteiger partial charge in [-0.2, -0.15) is 0 Å². The Bertz CT molecular complexity index is 987. The van der Waals surface area contributed by atoms with Gasteiger partial charge in [-0.15, -0.1) is 16.4 Å². The fourth-order valence-electron chi connectivity index (χ4n) is 2.25. The van der Waals surface area contributed by atoms with Gasteiger partial charge in [0.2, 0.25) is 11.1 Å². The molecule has 0 atom stereocenters. The lowest BCUT2D eigenvalue weighted by Crippen LogP contribution is -2.16. The number of hydrogen-bond donors (Lipinski definition) is 1. The van der Waals surface area contributed by atoms with E-state index in [1.807, 2.05) is 12.1 Å². The number of carbonyl (C=O) groups excluding carboxylic acids is 2. The van der Waals surface area contributed by atoms with Crippen molar-refractivity contribution in [3.8, 4) is 10.4 Å². The second-order valence-electron chi connectivity index (χ2n) is 5.50. The summed E-state index contributed by atoms with van der Waals surface area (Å²) in [6.07, 6.45) is 0. The minimum Gasteiger partial charge on any atom is -0.462 e. The Kier molecular flexibility index (Phi) is 6.65. The van der Waals surface area contributed by atoms with Crippen LogP contribution in [0, 0.1) is 0 Å². The molecule has 1 aromatic carbocycles. The number of carbonyl (C=O) groups is 2. The fraction of sp³-hybridized carbons (Fsp3) is 0.235. The summed E-state index contributed by atoms with van der Waals surface area (Å²) in [7, 11) is 1.69. The monoisotopic (exact) mass is 437 g/mol. The fourth-order valence-corrected chi connectivity index (χ4v) is 4.04. The van der Waals surface area contributed by atoms with Crippen molar-refractivity contribution < 1.29 is 14.3 Å². The first-order chi connectivity index (χ1) is 13.5. The Hall–Kier alpha value is -2.43. The number of hydrogen-bond acceptors (Lipinski definition) is 8. The number of halogens is 1. The van der Waals surface area contributed by atoms with E-state index in [-0.39, 0.29) is 18.3 Å². The van der Waals surface area contributed by atoms with Crippen LogP contribution in [0.15, 0.2) is 35.5 Å². The van der Waals surface area contributed by atoms with E-state index in [2.05, 4.69) is 20.8 Å². The molecular weight excluding hydrogens is 422 g/mol. The van der Waals surface area contributed by atoms with Gasteiger partial charge in [0.1, 0.15) is 4.88 Å². The molecule has 0 aliphatic heterocycles. The smallest absolute Gasteiger partial charge is 0.350 e. The molecule has 0 aliphatic carbocycles. The number of thioether (sulfide) groups is 1. The highest BCUT2D eigenvalue weighted by Gasteiger charge is 2.20. The van der Waals surface area contributed by atoms with Gasteiger partial charge in [-0.05, 0) is 41.1 Å². The van der Waals surface area contributed by atoms with Crippen molar-refractivity contribution in [2.45, 2.75) is 12.1 Å². The average molecular weight is 438 g/mol. The predicted octanol–water partition coefficient (Wildman–Crippen LogP) is 3.50.